The molecule has 3 N–H and O–H groups in total. The molecule has 1 aromatic heterocycles. The lowest BCUT2D eigenvalue weighted by molar-refractivity contribution is -0.132. The number of hydroxylamine groups is 1. The number of aliphatic hydroxyl groups excluding tert-OH is 1. The average Bonchev–Trinajstić information content (AvgIpc) is 3.20. The van der Waals surface area contributed by atoms with Crippen LogP contribution in [0.2, 0.25) is 0 Å². The van der Waals surface area contributed by atoms with E-state index in [1.54, 1.807) is 12.3 Å². The number of carbonyl (C=O) groups is 1. The van der Waals surface area contributed by atoms with Crippen LogP contribution < -0.4 is 5.48 Å². The molecule has 1 aromatic carbocycles. The highest BCUT2D eigenvalue weighted by Crippen LogP contribution is 2.30. The summed E-state index contributed by atoms with van der Waals surface area (Å²) in [5.74, 6) is -1.01. The van der Waals surface area contributed by atoms with Gasteiger partial charge in [0, 0.05) is 30.9 Å². The van der Waals surface area contributed by atoms with Crippen molar-refractivity contribution in [2.75, 3.05) is 6.26 Å². The molecule has 0 spiro atoms. The van der Waals surface area contributed by atoms with Crippen LogP contribution in [0.1, 0.15) is 31.0 Å². The van der Waals surface area contributed by atoms with Crippen molar-refractivity contribution in [1.82, 2.24) is 10.5 Å². The van der Waals surface area contributed by atoms with Gasteiger partial charge in [-0.3, -0.25) is 15.0 Å². The maximum Gasteiger partial charge on any atom is 0.264 e. The van der Waals surface area contributed by atoms with Gasteiger partial charge in [0.2, 0.25) is 0 Å². The fourth-order valence-corrected chi connectivity index (χ4v) is 4.09. The number of oxime groups is 1. The van der Waals surface area contributed by atoms with Crippen LogP contribution in [-0.4, -0.2) is 52.4 Å². The third-order valence-electron chi connectivity index (χ3n) is 5.29. The summed E-state index contributed by atoms with van der Waals surface area (Å²) in [7, 11) is -3.81. The average molecular weight is 433 g/mol. The summed E-state index contributed by atoms with van der Waals surface area (Å²) in [5.41, 5.74) is 5.32. The Hall–Kier alpha value is -2.82. The summed E-state index contributed by atoms with van der Waals surface area (Å²) in [6, 6.07) is 11.2. The summed E-state index contributed by atoms with van der Waals surface area (Å²) in [6.07, 6.45) is 2.19. The normalized spacial score (nSPS) is 18.3. The fourth-order valence-electron chi connectivity index (χ4n) is 3.22. The van der Waals surface area contributed by atoms with Gasteiger partial charge in [0.25, 0.3) is 5.91 Å². The van der Waals surface area contributed by atoms with E-state index in [4.69, 9.17) is 15.2 Å². The third kappa shape index (κ3) is 4.35. The van der Waals surface area contributed by atoms with Gasteiger partial charge < -0.3 is 9.94 Å². The van der Waals surface area contributed by atoms with E-state index >= 15 is 0 Å². The van der Waals surface area contributed by atoms with E-state index in [-0.39, 0.29) is 13.0 Å². The number of aromatic nitrogens is 1. The van der Waals surface area contributed by atoms with Gasteiger partial charge in [-0.05, 0) is 24.1 Å². The first kappa shape index (κ1) is 21.9. The van der Waals surface area contributed by atoms with Crippen molar-refractivity contribution in [2.45, 2.75) is 37.2 Å². The molecule has 1 amide bonds. The minimum absolute atomic E-state index is 0.113. The van der Waals surface area contributed by atoms with E-state index in [0.29, 0.717) is 17.8 Å². The van der Waals surface area contributed by atoms with Gasteiger partial charge in [0.15, 0.2) is 14.6 Å². The Kier molecular flexibility index (Phi) is 6.20. The summed E-state index contributed by atoms with van der Waals surface area (Å²) in [4.78, 5) is 21.5. The minimum atomic E-state index is -3.81. The molecule has 30 heavy (non-hydrogen) atoms. The molecular formula is C20H23N3O6S. The zero-order valence-corrected chi connectivity index (χ0v) is 17.4. The number of hydrogen-bond donors (Lipinski definition) is 3. The molecule has 9 nitrogen and oxygen atoms in total. The molecule has 1 aliphatic rings. The molecule has 0 fully saturated rings. The van der Waals surface area contributed by atoms with Crippen molar-refractivity contribution in [2.24, 2.45) is 5.16 Å². The second kappa shape index (κ2) is 8.50. The fraction of sp³-hybridized carbons (Fsp3) is 0.350. The summed E-state index contributed by atoms with van der Waals surface area (Å²) in [6.45, 7) is 1.14. The highest BCUT2D eigenvalue weighted by Gasteiger charge is 2.47. The Morgan fingerprint density at radius 1 is 1.20 bits per heavy atom. The van der Waals surface area contributed by atoms with E-state index in [1.165, 1.54) is 12.4 Å². The highest BCUT2D eigenvalue weighted by molar-refractivity contribution is 7.92. The Morgan fingerprint density at radius 3 is 2.37 bits per heavy atom. The molecule has 2 unspecified atom stereocenters. The van der Waals surface area contributed by atoms with Crippen molar-refractivity contribution in [3.05, 3.63) is 53.9 Å². The Bertz CT molecular complexity index is 1050. The van der Waals surface area contributed by atoms with Crippen molar-refractivity contribution in [3.8, 4) is 11.1 Å². The monoisotopic (exact) mass is 433 g/mol. The molecule has 2 heterocycles. The number of rotatable bonds is 7. The second-order valence-electron chi connectivity index (χ2n) is 7.39. The largest absolute Gasteiger partial charge is 0.392 e. The molecule has 10 heteroatoms. The van der Waals surface area contributed by atoms with Crippen LogP contribution in [0.25, 0.3) is 11.1 Å². The SMILES string of the molecule is CC(CC1CC(c2ccc(-c3ccc(CO)nc3)cc2)=NO1)(C(=O)NO)S(C)(=O)=O. The van der Waals surface area contributed by atoms with Gasteiger partial charge in [-0.25, -0.2) is 13.9 Å². The number of pyridine rings is 1. The number of amides is 1. The number of nitrogens with one attached hydrogen (secondary N) is 1. The summed E-state index contributed by atoms with van der Waals surface area (Å²) in [5, 5.41) is 22.1. The van der Waals surface area contributed by atoms with Gasteiger partial charge in [-0.1, -0.05) is 35.5 Å². The first-order valence-corrected chi connectivity index (χ1v) is 11.1. The second-order valence-corrected chi connectivity index (χ2v) is 9.84. The minimum Gasteiger partial charge on any atom is -0.392 e. The van der Waals surface area contributed by atoms with Crippen molar-refractivity contribution in [3.63, 3.8) is 0 Å². The summed E-state index contributed by atoms with van der Waals surface area (Å²) >= 11 is 0. The standard InChI is InChI=1S/C20H23N3O6S/c1-20(19(25)22-26,30(2,27)28)10-17-9-18(23-29-17)14-5-3-13(4-6-14)15-7-8-16(12-24)21-11-15/h3-8,11,17,24,26H,9-10,12H2,1-2H3,(H,22,25). The molecule has 3 rings (SSSR count). The lowest BCUT2D eigenvalue weighted by atomic mass is 9.96. The van der Waals surface area contributed by atoms with Gasteiger partial charge in [0.1, 0.15) is 6.10 Å². The molecule has 0 saturated heterocycles. The van der Waals surface area contributed by atoms with Crippen molar-refractivity contribution >= 4 is 21.5 Å². The van der Waals surface area contributed by atoms with E-state index in [0.717, 1.165) is 22.9 Å². The van der Waals surface area contributed by atoms with Crippen LogP contribution >= 0.6 is 0 Å². The first-order valence-electron chi connectivity index (χ1n) is 9.21. The van der Waals surface area contributed by atoms with E-state index in [2.05, 4.69) is 10.1 Å². The molecule has 0 radical (unpaired) electrons. The highest BCUT2D eigenvalue weighted by atomic mass is 32.2. The first-order chi connectivity index (χ1) is 14.2. The third-order valence-corrected chi connectivity index (χ3v) is 7.28. The van der Waals surface area contributed by atoms with E-state index < -0.39 is 26.6 Å². The van der Waals surface area contributed by atoms with E-state index in [9.17, 15) is 13.2 Å². The smallest absolute Gasteiger partial charge is 0.264 e. The molecule has 0 saturated carbocycles. The summed E-state index contributed by atoms with van der Waals surface area (Å²) < 4.78 is 22.4. The van der Waals surface area contributed by atoms with Crippen LogP contribution in [0.5, 0.6) is 0 Å². The predicted octanol–water partition coefficient (Wildman–Crippen LogP) is 1.43. The molecule has 2 aromatic rings. The predicted molar refractivity (Wildman–Crippen MR) is 109 cm³/mol. The topological polar surface area (TPSA) is 138 Å². The molecule has 160 valence electrons. The molecule has 0 bridgehead atoms. The number of nitrogens with zero attached hydrogens (tertiary/aromatic N) is 2. The number of benzene rings is 1. The van der Waals surface area contributed by atoms with E-state index in [1.807, 2.05) is 30.3 Å². The lowest BCUT2D eigenvalue weighted by Gasteiger charge is -2.26. The maximum atomic E-state index is 12.1. The van der Waals surface area contributed by atoms with Crippen LogP contribution in [-0.2, 0) is 26.1 Å². The van der Waals surface area contributed by atoms with Crippen LogP contribution in [0.15, 0.2) is 47.8 Å². The van der Waals surface area contributed by atoms with Crippen molar-refractivity contribution < 1.29 is 28.4 Å². The lowest BCUT2D eigenvalue weighted by Crippen LogP contribution is -2.51. The van der Waals surface area contributed by atoms with Gasteiger partial charge in [0.05, 0.1) is 18.0 Å². The van der Waals surface area contributed by atoms with Crippen LogP contribution in [0.4, 0.5) is 0 Å². The zero-order chi connectivity index (χ0) is 21.9. The molecule has 1 aliphatic heterocycles. The maximum absolute atomic E-state index is 12.1. The Labute approximate surface area is 174 Å². The molecular weight excluding hydrogens is 410 g/mol. The number of aliphatic hydroxyl groups is 1. The molecule has 0 aliphatic carbocycles. The number of sulfone groups is 1. The van der Waals surface area contributed by atoms with Gasteiger partial charge >= 0.3 is 0 Å². The zero-order valence-electron chi connectivity index (χ0n) is 16.6. The van der Waals surface area contributed by atoms with Crippen LogP contribution in [0.3, 0.4) is 0 Å². The van der Waals surface area contributed by atoms with Crippen molar-refractivity contribution in [1.29, 1.82) is 0 Å². The van der Waals surface area contributed by atoms with Gasteiger partial charge in [-0.2, -0.15) is 0 Å². The Balaban J connectivity index is 1.71. The van der Waals surface area contributed by atoms with Crippen LogP contribution in [0, 0.1) is 0 Å². The molecule has 2 atom stereocenters. The van der Waals surface area contributed by atoms with Gasteiger partial charge in [-0.15, -0.1) is 0 Å². The Morgan fingerprint density at radius 2 is 1.83 bits per heavy atom. The number of carbonyl (C=O) groups excluding carboxylic acids is 1. The quantitative estimate of drug-likeness (QED) is 0.443. The number of hydrogen-bond acceptors (Lipinski definition) is 8.